The lowest BCUT2D eigenvalue weighted by atomic mass is 10.1. The van der Waals surface area contributed by atoms with Crippen molar-refractivity contribution in [2.24, 2.45) is 0 Å². The Hall–Kier alpha value is -0.120. The van der Waals surface area contributed by atoms with E-state index in [1.165, 1.54) is 25.7 Å². The predicted octanol–water partition coefficient (Wildman–Crippen LogP) is 0.652. The number of rotatable bonds is 6. The molecule has 1 fully saturated rings. The summed E-state index contributed by atoms with van der Waals surface area (Å²) in [5, 5.41) is 21.1. The molecular formula is C10H21NO2. The van der Waals surface area contributed by atoms with Crippen LogP contribution in [0.4, 0.5) is 0 Å². The van der Waals surface area contributed by atoms with Crippen LogP contribution in [0.1, 0.15) is 38.5 Å². The van der Waals surface area contributed by atoms with E-state index in [4.69, 9.17) is 10.2 Å². The summed E-state index contributed by atoms with van der Waals surface area (Å²) in [6.45, 7) is 0.425. The highest BCUT2D eigenvalue weighted by Gasteiger charge is 2.18. The standard InChI is InChI=1S/C10H21NO2/c12-7-5-10(6-8-13)11-9-3-1-2-4-9/h9-13H,1-8H2. The van der Waals surface area contributed by atoms with Gasteiger partial charge in [-0.25, -0.2) is 0 Å². The van der Waals surface area contributed by atoms with E-state index in [1.54, 1.807) is 0 Å². The lowest BCUT2D eigenvalue weighted by molar-refractivity contribution is 0.220. The summed E-state index contributed by atoms with van der Waals surface area (Å²) in [7, 11) is 0. The van der Waals surface area contributed by atoms with Crippen LogP contribution in [0.2, 0.25) is 0 Å². The van der Waals surface area contributed by atoms with Crippen molar-refractivity contribution in [3.05, 3.63) is 0 Å². The van der Waals surface area contributed by atoms with Crippen LogP contribution >= 0.6 is 0 Å². The Morgan fingerprint density at radius 2 is 1.62 bits per heavy atom. The normalized spacial score (nSPS) is 18.7. The Bertz CT molecular complexity index is 118. The molecule has 0 aliphatic heterocycles. The van der Waals surface area contributed by atoms with Crippen LogP contribution in [-0.2, 0) is 0 Å². The molecule has 3 nitrogen and oxygen atoms in total. The van der Waals surface area contributed by atoms with Crippen molar-refractivity contribution in [3.8, 4) is 0 Å². The second-order valence-electron chi connectivity index (χ2n) is 3.87. The molecule has 3 N–H and O–H groups in total. The number of hydrogen-bond donors (Lipinski definition) is 3. The zero-order valence-corrected chi connectivity index (χ0v) is 8.21. The fourth-order valence-electron chi connectivity index (χ4n) is 2.05. The Labute approximate surface area is 80.2 Å². The first-order valence-corrected chi connectivity index (χ1v) is 5.34. The van der Waals surface area contributed by atoms with Gasteiger partial charge in [-0.3, -0.25) is 0 Å². The van der Waals surface area contributed by atoms with Crippen LogP contribution < -0.4 is 5.32 Å². The third-order valence-corrected chi connectivity index (χ3v) is 2.78. The minimum Gasteiger partial charge on any atom is -0.396 e. The monoisotopic (exact) mass is 187 g/mol. The Balaban J connectivity index is 2.19. The number of nitrogens with one attached hydrogen (secondary N) is 1. The smallest absolute Gasteiger partial charge is 0.0445 e. The first-order chi connectivity index (χ1) is 6.36. The highest BCUT2D eigenvalue weighted by molar-refractivity contribution is 4.78. The molecular weight excluding hydrogens is 166 g/mol. The molecule has 1 rings (SSSR count). The van der Waals surface area contributed by atoms with Gasteiger partial charge in [0.05, 0.1) is 0 Å². The van der Waals surface area contributed by atoms with Gasteiger partial charge in [-0.2, -0.15) is 0 Å². The van der Waals surface area contributed by atoms with Gasteiger partial charge in [0.2, 0.25) is 0 Å². The van der Waals surface area contributed by atoms with Gasteiger partial charge < -0.3 is 15.5 Å². The molecule has 3 heteroatoms. The van der Waals surface area contributed by atoms with Gasteiger partial charge in [0.25, 0.3) is 0 Å². The van der Waals surface area contributed by atoms with Crippen molar-refractivity contribution in [1.29, 1.82) is 0 Å². The lowest BCUT2D eigenvalue weighted by Gasteiger charge is -2.21. The number of hydrogen-bond acceptors (Lipinski definition) is 3. The van der Waals surface area contributed by atoms with Gasteiger partial charge in [-0.1, -0.05) is 12.8 Å². The highest BCUT2D eigenvalue weighted by atomic mass is 16.3. The zero-order chi connectivity index (χ0) is 9.52. The van der Waals surface area contributed by atoms with Gasteiger partial charge in [0, 0.05) is 25.3 Å². The van der Waals surface area contributed by atoms with E-state index >= 15 is 0 Å². The lowest BCUT2D eigenvalue weighted by Crippen LogP contribution is -2.37. The SMILES string of the molecule is OCCC(CCO)NC1CCCC1. The van der Waals surface area contributed by atoms with E-state index in [2.05, 4.69) is 5.32 Å². The van der Waals surface area contributed by atoms with Crippen molar-refractivity contribution in [3.63, 3.8) is 0 Å². The molecule has 0 aromatic rings. The van der Waals surface area contributed by atoms with E-state index < -0.39 is 0 Å². The largest absolute Gasteiger partial charge is 0.396 e. The van der Waals surface area contributed by atoms with Crippen LogP contribution in [0.15, 0.2) is 0 Å². The quantitative estimate of drug-likeness (QED) is 0.572. The van der Waals surface area contributed by atoms with E-state index in [0.29, 0.717) is 12.1 Å². The molecule has 0 spiro atoms. The molecule has 13 heavy (non-hydrogen) atoms. The van der Waals surface area contributed by atoms with Gasteiger partial charge >= 0.3 is 0 Å². The summed E-state index contributed by atoms with van der Waals surface area (Å²) in [5.41, 5.74) is 0. The zero-order valence-electron chi connectivity index (χ0n) is 8.21. The highest BCUT2D eigenvalue weighted by Crippen LogP contribution is 2.18. The second kappa shape index (κ2) is 6.35. The summed E-state index contributed by atoms with van der Waals surface area (Å²) < 4.78 is 0. The van der Waals surface area contributed by atoms with Crippen molar-refractivity contribution >= 4 is 0 Å². The molecule has 1 aliphatic rings. The Morgan fingerprint density at radius 1 is 1.08 bits per heavy atom. The minimum atomic E-state index is 0.213. The summed E-state index contributed by atoms with van der Waals surface area (Å²) >= 11 is 0. The molecule has 1 aliphatic carbocycles. The average molecular weight is 187 g/mol. The van der Waals surface area contributed by atoms with Gasteiger partial charge in [-0.15, -0.1) is 0 Å². The molecule has 0 radical (unpaired) electrons. The maximum Gasteiger partial charge on any atom is 0.0445 e. The first kappa shape index (κ1) is 11.0. The van der Waals surface area contributed by atoms with Gasteiger partial charge in [-0.05, 0) is 25.7 Å². The topological polar surface area (TPSA) is 52.5 Å². The van der Waals surface area contributed by atoms with Crippen LogP contribution in [-0.4, -0.2) is 35.5 Å². The predicted molar refractivity (Wildman–Crippen MR) is 52.6 cm³/mol. The molecule has 0 amide bonds. The van der Waals surface area contributed by atoms with E-state index in [1.807, 2.05) is 0 Å². The maximum absolute atomic E-state index is 8.82. The van der Waals surface area contributed by atoms with Crippen molar-refractivity contribution in [2.75, 3.05) is 13.2 Å². The van der Waals surface area contributed by atoms with E-state index in [9.17, 15) is 0 Å². The van der Waals surface area contributed by atoms with Gasteiger partial charge in [0.1, 0.15) is 0 Å². The molecule has 1 saturated carbocycles. The van der Waals surface area contributed by atoms with Crippen LogP contribution in [0.25, 0.3) is 0 Å². The molecule has 0 heterocycles. The third kappa shape index (κ3) is 4.07. The second-order valence-corrected chi connectivity index (χ2v) is 3.87. The van der Waals surface area contributed by atoms with Crippen molar-refractivity contribution in [2.45, 2.75) is 50.6 Å². The molecule has 0 aromatic heterocycles. The van der Waals surface area contributed by atoms with Crippen molar-refractivity contribution < 1.29 is 10.2 Å². The van der Waals surface area contributed by atoms with Crippen LogP contribution in [0.5, 0.6) is 0 Å². The van der Waals surface area contributed by atoms with Crippen LogP contribution in [0.3, 0.4) is 0 Å². The summed E-state index contributed by atoms with van der Waals surface area (Å²) in [6, 6.07) is 0.932. The minimum absolute atomic E-state index is 0.213. The van der Waals surface area contributed by atoms with Crippen molar-refractivity contribution in [1.82, 2.24) is 5.32 Å². The van der Waals surface area contributed by atoms with E-state index in [-0.39, 0.29) is 13.2 Å². The molecule has 0 atom stereocenters. The molecule has 78 valence electrons. The molecule has 0 saturated heterocycles. The molecule has 0 aromatic carbocycles. The molecule has 0 unspecified atom stereocenters. The summed E-state index contributed by atoms with van der Waals surface area (Å²) in [6.07, 6.45) is 6.68. The Kier molecular flexibility index (Phi) is 5.35. The number of aliphatic hydroxyl groups excluding tert-OH is 2. The average Bonchev–Trinajstić information content (AvgIpc) is 2.58. The summed E-state index contributed by atoms with van der Waals surface area (Å²) in [5.74, 6) is 0. The number of aliphatic hydroxyl groups is 2. The van der Waals surface area contributed by atoms with Gasteiger partial charge in [0.15, 0.2) is 0 Å². The maximum atomic E-state index is 8.82. The fourth-order valence-corrected chi connectivity index (χ4v) is 2.05. The van der Waals surface area contributed by atoms with E-state index in [0.717, 1.165) is 12.8 Å². The summed E-state index contributed by atoms with van der Waals surface area (Å²) in [4.78, 5) is 0. The molecule has 0 bridgehead atoms. The van der Waals surface area contributed by atoms with Crippen LogP contribution in [0, 0.1) is 0 Å². The Morgan fingerprint density at radius 3 is 2.08 bits per heavy atom. The fraction of sp³-hybridized carbons (Fsp3) is 1.00. The third-order valence-electron chi connectivity index (χ3n) is 2.78. The first-order valence-electron chi connectivity index (χ1n) is 5.34.